The van der Waals surface area contributed by atoms with Crippen LogP contribution in [0.1, 0.15) is 29.6 Å². The van der Waals surface area contributed by atoms with Gasteiger partial charge >= 0.3 is 0 Å². The second-order valence-corrected chi connectivity index (χ2v) is 9.88. The lowest BCUT2D eigenvalue weighted by molar-refractivity contribution is 0.102. The molecule has 1 aliphatic rings. The first-order valence-electron chi connectivity index (χ1n) is 11.2. The fourth-order valence-electron chi connectivity index (χ4n) is 3.68. The molecule has 6 nitrogen and oxygen atoms in total. The van der Waals surface area contributed by atoms with Crippen LogP contribution in [0.25, 0.3) is 0 Å². The van der Waals surface area contributed by atoms with E-state index >= 15 is 0 Å². The molecule has 3 aromatic rings. The van der Waals surface area contributed by atoms with Gasteiger partial charge in [-0.25, -0.2) is 4.31 Å². The van der Waals surface area contributed by atoms with Gasteiger partial charge in [-0.1, -0.05) is 24.6 Å². The van der Waals surface area contributed by atoms with E-state index in [9.17, 15) is 4.79 Å². The van der Waals surface area contributed by atoms with E-state index in [2.05, 4.69) is 14.3 Å². The van der Waals surface area contributed by atoms with Gasteiger partial charge in [0.25, 0.3) is 5.91 Å². The largest absolute Gasteiger partial charge is 0.495 e. The van der Waals surface area contributed by atoms with E-state index in [0.717, 1.165) is 34.3 Å². The number of para-hydroxylation sites is 2. The van der Waals surface area contributed by atoms with E-state index < -0.39 is 0 Å². The summed E-state index contributed by atoms with van der Waals surface area (Å²) in [7, 11) is 3.26. The summed E-state index contributed by atoms with van der Waals surface area (Å²) in [4.78, 5) is 15.1. The lowest BCUT2D eigenvalue weighted by Gasteiger charge is -2.25. The maximum atomic E-state index is 13.1. The molecule has 178 valence electrons. The minimum atomic E-state index is -0.182. The first-order chi connectivity index (χ1) is 16.7. The summed E-state index contributed by atoms with van der Waals surface area (Å²) in [5.41, 5.74) is 2.11. The van der Waals surface area contributed by atoms with Crippen molar-refractivity contribution < 1.29 is 14.3 Å². The molecule has 4 rings (SSSR count). The van der Waals surface area contributed by atoms with Crippen molar-refractivity contribution >= 4 is 41.2 Å². The van der Waals surface area contributed by atoms with Gasteiger partial charge in [0.05, 0.1) is 25.6 Å². The lowest BCUT2D eigenvalue weighted by Crippen LogP contribution is -2.22. The number of ether oxygens (including phenoxy) is 2. The van der Waals surface area contributed by atoms with E-state index in [-0.39, 0.29) is 5.91 Å². The van der Waals surface area contributed by atoms with Crippen molar-refractivity contribution in [1.82, 2.24) is 4.31 Å². The zero-order chi connectivity index (χ0) is 23.8. The van der Waals surface area contributed by atoms with Gasteiger partial charge in [0.15, 0.2) is 0 Å². The third-order valence-corrected chi connectivity index (χ3v) is 7.35. The number of benzene rings is 3. The second-order valence-electron chi connectivity index (χ2n) is 7.83. The number of methoxy groups -OCH3 is 2. The minimum absolute atomic E-state index is 0.182. The highest BCUT2D eigenvalue weighted by molar-refractivity contribution is 8.00. The third kappa shape index (κ3) is 6.40. The number of anilines is 2. The van der Waals surface area contributed by atoms with Crippen molar-refractivity contribution in [1.29, 1.82) is 0 Å². The van der Waals surface area contributed by atoms with Crippen molar-refractivity contribution in [2.45, 2.75) is 29.1 Å². The highest BCUT2D eigenvalue weighted by atomic mass is 32.2. The van der Waals surface area contributed by atoms with Crippen LogP contribution in [0.4, 0.5) is 11.4 Å². The summed E-state index contributed by atoms with van der Waals surface area (Å²) >= 11 is 3.16. The summed E-state index contributed by atoms with van der Waals surface area (Å²) in [6.07, 6.45) is 3.76. The van der Waals surface area contributed by atoms with Crippen LogP contribution < -0.4 is 19.5 Å². The molecule has 0 bridgehead atoms. The fourth-order valence-corrected chi connectivity index (χ4v) is 5.45. The average Bonchev–Trinajstić information content (AvgIpc) is 2.88. The Labute approximate surface area is 209 Å². The quantitative estimate of drug-likeness (QED) is 0.326. The Morgan fingerprint density at radius 1 is 0.824 bits per heavy atom. The molecular formula is C26H29N3O3S2. The summed E-state index contributed by atoms with van der Waals surface area (Å²) in [5.74, 6) is 1.22. The molecule has 3 aromatic carbocycles. The fraction of sp³-hybridized carbons (Fsp3) is 0.269. The minimum Gasteiger partial charge on any atom is -0.495 e. The molecule has 0 radical (unpaired) electrons. The zero-order valence-electron chi connectivity index (χ0n) is 19.4. The normalized spacial score (nSPS) is 13.8. The number of piperidine rings is 1. The Bertz CT molecular complexity index is 1120. The molecule has 1 aliphatic heterocycles. The summed E-state index contributed by atoms with van der Waals surface area (Å²) in [5, 5.41) is 3.03. The third-order valence-electron chi connectivity index (χ3n) is 5.45. The number of hydrogen-bond donors (Lipinski definition) is 2. The number of carbonyl (C=O) groups is 1. The first-order valence-corrected chi connectivity index (χ1v) is 12.8. The molecule has 8 heteroatoms. The topological polar surface area (TPSA) is 62.8 Å². The van der Waals surface area contributed by atoms with Crippen molar-refractivity contribution in [3.05, 3.63) is 72.3 Å². The van der Waals surface area contributed by atoms with Crippen molar-refractivity contribution in [2.75, 3.05) is 37.3 Å². The van der Waals surface area contributed by atoms with Crippen LogP contribution in [0.15, 0.2) is 76.5 Å². The van der Waals surface area contributed by atoms with E-state index in [1.807, 2.05) is 60.7 Å². The summed E-state index contributed by atoms with van der Waals surface area (Å²) in [6, 6.07) is 21.2. The smallest absolute Gasteiger partial charge is 0.255 e. The highest BCUT2D eigenvalue weighted by Gasteiger charge is 2.15. The van der Waals surface area contributed by atoms with Crippen LogP contribution in [0.2, 0.25) is 0 Å². The molecule has 1 amide bonds. The SMILES string of the molecule is COc1ccccc1NSc1cccc(C(=O)Nc2cc(SN3CCCCC3)ccc2OC)c1. The maximum absolute atomic E-state index is 13.1. The van der Waals surface area contributed by atoms with E-state index in [4.69, 9.17) is 9.47 Å². The molecule has 0 aliphatic carbocycles. The van der Waals surface area contributed by atoms with Gasteiger partial charge in [-0.15, -0.1) is 0 Å². The van der Waals surface area contributed by atoms with Crippen LogP contribution in [-0.4, -0.2) is 37.5 Å². The van der Waals surface area contributed by atoms with Gasteiger partial charge in [0.1, 0.15) is 11.5 Å². The number of rotatable bonds is 9. The van der Waals surface area contributed by atoms with Gasteiger partial charge < -0.3 is 19.5 Å². The molecule has 1 fully saturated rings. The van der Waals surface area contributed by atoms with Crippen molar-refractivity contribution in [3.63, 3.8) is 0 Å². The van der Waals surface area contributed by atoms with E-state index in [1.54, 1.807) is 32.2 Å². The summed E-state index contributed by atoms with van der Waals surface area (Å²) in [6.45, 7) is 2.18. The maximum Gasteiger partial charge on any atom is 0.255 e. The number of nitrogens with one attached hydrogen (secondary N) is 2. The van der Waals surface area contributed by atoms with E-state index in [0.29, 0.717) is 17.0 Å². The Hall–Kier alpha value is -2.81. The van der Waals surface area contributed by atoms with Gasteiger partial charge in [-0.2, -0.15) is 0 Å². The van der Waals surface area contributed by atoms with Crippen LogP contribution in [0, 0.1) is 0 Å². The number of carbonyl (C=O) groups excluding carboxylic acids is 1. The number of nitrogens with zero attached hydrogens (tertiary/aromatic N) is 1. The Balaban J connectivity index is 1.44. The standard InChI is InChI=1S/C26H29N3O3S2/c1-31-24-12-5-4-11-22(24)28-33-20-10-8-9-19(17-20)26(30)27-23-18-21(13-14-25(23)32-2)34-29-15-6-3-7-16-29/h4-5,8-14,17-18,28H,3,6-7,15-16H2,1-2H3,(H,27,30). The van der Waals surface area contributed by atoms with Gasteiger partial charge in [0, 0.05) is 28.4 Å². The van der Waals surface area contributed by atoms with Gasteiger partial charge in [-0.05, 0) is 85.3 Å². The molecule has 0 unspecified atom stereocenters. The molecule has 34 heavy (non-hydrogen) atoms. The molecule has 0 spiro atoms. The van der Waals surface area contributed by atoms with Crippen LogP contribution in [0.5, 0.6) is 11.5 Å². The molecule has 1 heterocycles. The highest BCUT2D eigenvalue weighted by Crippen LogP contribution is 2.34. The molecule has 0 aromatic heterocycles. The molecule has 2 N–H and O–H groups in total. The van der Waals surface area contributed by atoms with Crippen LogP contribution >= 0.6 is 23.9 Å². The Morgan fingerprint density at radius 3 is 2.38 bits per heavy atom. The van der Waals surface area contributed by atoms with Crippen molar-refractivity contribution in [2.24, 2.45) is 0 Å². The van der Waals surface area contributed by atoms with Gasteiger partial charge in [-0.3, -0.25) is 4.79 Å². The van der Waals surface area contributed by atoms with Crippen LogP contribution in [-0.2, 0) is 0 Å². The predicted molar refractivity (Wildman–Crippen MR) is 141 cm³/mol. The zero-order valence-corrected chi connectivity index (χ0v) is 21.0. The number of amides is 1. The summed E-state index contributed by atoms with van der Waals surface area (Å²) < 4.78 is 16.6. The molecule has 0 atom stereocenters. The lowest BCUT2D eigenvalue weighted by atomic mass is 10.2. The first kappa shape index (κ1) is 24.3. The Kier molecular flexibility index (Phi) is 8.62. The second kappa shape index (κ2) is 12.1. The molecule has 1 saturated heterocycles. The Morgan fingerprint density at radius 2 is 1.59 bits per heavy atom. The number of hydrogen-bond acceptors (Lipinski definition) is 7. The average molecular weight is 496 g/mol. The van der Waals surface area contributed by atoms with E-state index in [1.165, 1.54) is 31.2 Å². The van der Waals surface area contributed by atoms with Gasteiger partial charge in [0.2, 0.25) is 0 Å². The molecular weight excluding hydrogens is 466 g/mol. The van der Waals surface area contributed by atoms with Crippen molar-refractivity contribution in [3.8, 4) is 11.5 Å². The molecule has 0 saturated carbocycles. The van der Waals surface area contributed by atoms with Crippen LogP contribution in [0.3, 0.4) is 0 Å². The predicted octanol–water partition coefficient (Wildman–Crippen LogP) is 6.57. The monoisotopic (exact) mass is 495 g/mol.